The summed E-state index contributed by atoms with van der Waals surface area (Å²) in [5.41, 5.74) is 3.55. The number of hydrogen-bond donors (Lipinski definition) is 2. The number of ether oxygens (including phenoxy) is 1. The SMILES string of the molecule is CCCN(CCC)c1nc(Nc2ccc(OC)cc2)nc2nc(C(=O)c3cccc(C)c3)[nH]c12. The van der Waals surface area contributed by atoms with E-state index in [1.165, 1.54) is 0 Å². The molecular weight excluding hydrogens is 428 g/mol. The number of hydrogen-bond acceptors (Lipinski definition) is 7. The molecule has 0 unspecified atom stereocenters. The summed E-state index contributed by atoms with van der Waals surface area (Å²) in [5, 5.41) is 3.26. The van der Waals surface area contributed by atoms with Crippen LogP contribution in [0.25, 0.3) is 11.2 Å². The van der Waals surface area contributed by atoms with Crippen molar-refractivity contribution in [1.29, 1.82) is 0 Å². The first-order valence-corrected chi connectivity index (χ1v) is 11.6. The third-order valence-corrected chi connectivity index (χ3v) is 5.46. The fourth-order valence-corrected chi connectivity index (χ4v) is 3.86. The van der Waals surface area contributed by atoms with E-state index in [1.54, 1.807) is 13.2 Å². The molecule has 0 spiro atoms. The number of benzene rings is 2. The lowest BCUT2D eigenvalue weighted by Gasteiger charge is -2.23. The molecule has 0 aliphatic rings. The molecule has 8 nitrogen and oxygen atoms in total. The van der Waals surface area contributed by atoms with E-state index in [1.807, 2.05) is 49.4 Å². The lowest BCUT2D eigenvalue weighted by Crippen LogP contribution is -2.26. The van der Waals surface area contributed by atoms with Gasteiger partial charge in [-0.05, 0) is 50.1 Å². The van der Waals surface area contributed by atoms with Crippen molar-refractivity contribution in [3.8, 4) is 5.75 Å². The van der Waals surface area contributed by atoms with Crippen molar-refractivity contribution in [2.45, 2.75) is 33.6 Å². The smallest absolute Gasteiger partial charge is 0.231 e. The number of fused-ring (bicyclic) bond motifs is 1. The summed E-state index contributed by atoms with van der Waals surface area (Å²) in [4.78, 5) is 32.6. The molecule has 4 aromatic rings. The first kappa shape index (κ1) is 23.2. The minimum Gasteiger partial charge on any atom is -0.497 e. The molecule has 2 aromatic heterocycles. The average molecular weight is 459 g/mol. The van der Waals surface area contributed by atoms with Crippen LogP contribution >= 0.6 is 0 Å². The number of H-pyrrole nitrogens is 1. The van der Waals surface area contributed by atoms with Crippen molar-refractivity contribution >= 4 is 34.4 Å². The van der Waals surface area contributed by atoms with Gasteiger partial charge in [-0.2, -0.15) is 9.97 Å². The molecule has 0 saturated carbocycles. The van der Waals surface area contributed by atoms with Crippen LogP contribution in [-0.2, 0) is 0 Å². The number of aromatic amines is 1. The van der Waals surface area contributed by atoms with Gasteiger partial charge >= 0.3 is 0 Å². The van der Waals surface area contributed by atoms with Gasteiger partial charge in [-0.1, -0.05) is 37.6 Å². The van der Waals surface area contributed by atoms with E-state index in [0.717, 1.165) is 48.7 Å². The Kier molecular flexibility index (Phi) is 7.06. The van der Waals surface area contributed by atoms with Crippen molar-refractivity contribution in [1.82, 2.24) is 19.9 Å². The van der Waals surface area contributed by atoms with Crippen LogP contribution in [0, 0.1) is 6.92 Å². The zero-order valence-electron chi connectivity index (χ0n) is 20.1. The number of methoxy groups -OCH3 is 1. The molecule has 0 saturated heterocycles. The van der Waals surface area contributed by atoms with Gasteiger partial charge in [0.2, 0.25) is 11.7 Å². The maximum Gasteiger partial charge on any atom is 0.231 e. The van der Waals surface area contributed by atoms with Crippen LogP contribution in [0.4, 0.5) is 17.5 Å². The number of rotatable bonds is 10. The summed E-state index contributed by atoms with van der Waals surface area (Å²) in [5.74, 6) is 2.01. The number of imidazole rings is 1. The molecule has 8 heteroatoms. The molecule has 176 valence electrons. The van der Waals surface area contributed by atoms with Gasteiger partial charge in [0, 0.05) is 24.3 Å². The average Bonchev–Trinajstić information content (AvgIpc) is 3.27. The van der Waals surface area contributed by atoms with Crippen LogP contribution < -0.4 is 15.0 Å². The molecule has 0 aliphatic heterocycles. The molecule has 34 heavy (non-hydrogen) atoms. The predicted molar refractivity (Wildman–Crippen MR) is 135 cm³/mol. The van der Waals surface area contributed by atoms with Crippen LogP contribution in [-0.4, -0.2) is 45.9 Å². The van der Waals surface area contributed by atoms with Gasteiger partial charge < -0.3 is 19.9 Å². The number of aromatic nitrogens is 4. The first-order valence-electron chi connectivity index (χ1n) is 11.6. The maximum atomic E-state index is 13.2. The molecule has 4 rings (SSSR count). The van der Waals surface area contributed by atoms with Gasteiger partial charge in [0.25, 0.3) is 0 Å². The summed E-state index contributed by atoms with van der Waals surface area (Å²) in [6, 6.07) is 15.0. The van der Waals surface area contributed by atoms with E-state index in [9.17, 15) is 4.79 Å². The van der Waals surface area contributed by atoms with Crippen LogP contribution in [0.15, 0.2) is 48.5 Å². The quantitative estimate of drug-likeness (QED) is 0.313. The second-order valence-electron chi connectivity index (χ2n) is 8.19. The summed E-state index contributed by atoms with van der Waals surface area (Å²) in [6.45, 7) is 7.90. The lowest BCUT2D eigenvalue weighted by atomic mass is 10.1. The third kappa shape index (κ3) is 5.01. The number of nitrogens with one attached hydrogen (secondary N) is 2. The number of aryl methyl sites for hydroxylation is 1. The van der Waals surface area contributed by atoms with E-state index < -0.39 is 0 Å². The summed E-state index contributed by atoms with van der Waals surface area (Å²) < 4.78 is 5.24. The lowest BCUT2D eigenvalue weighted by molar-refractivity contribution is 0.103. The largest absolute Gasteiger partial charge is 0.497 e. The highest BCUT2D eigenvalue weighted by Crippen LogP contribution is 2.27. The van der Waals surface area contributed by atoms with Crippen LogP contribution in [0.2, 0.25) is 0 Å². The summed E-state index contributed by atoms with van der Waals surface area (Å²) >= 11 is 0. The summed E-state index contributed by atoms with van der Waals surface area (Å²) in [7, 11) is 1.63. The molecule has 0 aliphatic carbocycles. The number of nitrogens with zero attached hydrogens (tertiary/aromatic N) is 4. The molecule has 2 heterocycles. The third-order valence-electron chi connectivity index (χ3n) is 5.46. The van der Waals surface area contributed by atoms with Gasteiger partial charge in [0.15, 0.2) is 17.3 Å². The molecule has 0 bridgehead atoms. The maximum absolute atomic E-state index is 13.2. The number of anilines is 3. The molecule has 0 radical (unpaired) electrons. The van der Waals surface area contributed by atoms with Gasteiger partial charge in [0.1, 0.15) is 11.3 Å². The normalized spacial score (nSPS) is 10.9. The Morgan fingerprint density at radius 2 is 1.76 bits per heavy atom. The van der Waals surface area contributed by atoms with Crippen molar-refractivity contribution in [2.75, 3.05) is 30.4 Å². The second kappa shape index (κ2) is 10.3. The van der Waals surface area contributed by atoms with Crippen molar-refractivity contribution in [2.24, 2.45) is 0 Å². The standard InChI is InChI=1S/C26H30N6O2/c1-5-14-32(15-6-2)25-21-23(29-24(28-21)22(33)18-9-7-8-17(3)16-18)30-26(31-25)27-19-10-12-20(34-4)13-11-19/h7-13,16H,5-6,14-15H2,1-4H3,(H2,27,28,29,30,31). The van der Waals surface area contributed by atoms with E-state index in [-0.39, 0.29) is 11.6 Å². The highest BCUT2D eigenvalue weighted by atomic mass is 16.5. The molecule has 2 aromatic carbocycles. The topological polar surface area (TPSA) is 96.0 Å². The minimum absolute atomic E-state index is 0.171. The fourth-order valence-electron chi connectivity index (χ4n) is 3.86. The van der Waals surface area contributed by atoms with Gasteiger partial charge in [-0.3, -0.25) is 4.79 Å². The fraction of sp³-hybridized carbons (Fsp3) is 0.308. The second-order valence-corrected chi connectivity index (χ2v) is 8.19. The molecule has 0 atom stereocenters. The van der Waals surface area contributed by atoms with Gasteiger partial charge in [0.05, 0.1) is 7.11 Å². The Bertz CT molecular complexity index is 1280. The molecular formula is C26H30N6O2. The van der Waals surface area contributed by atoms with E-state index in [4.69, 9.17) is 9.72 Å². The highest BCUT2D eigenvalue weighted by Gasteiger charge is 2.21. The van der Waals surface area contributed by atoms with Gasteiger partial charge in [-0.15, -0.1) is 0 Å². The Hall–Kier alpha value is -3.94. The number of carbonyl (C=O) groups excluding carboxylic acids is 1. The Morgan fingerprint density at radius 1 is 1.03 bits per heavy atom. The molecule has 0 amide bonds. The Labute approximate surface area is 199 Å². The molecule has 2 N–H and O–H groups in total. The van der Waals surface area contributed by atoms with Crippen LogP contribution in [0.3, 0.4) is 0 Å². The monoisotopic (exact) mass is 458 g/mol. The van der Waals surface area contributed by atoms with Gasteiger partial charge in [-0.25, -0.2) is 4.98 Å². The Balaban J connectivity index is 1.78. The number of carbonyl (C=O) groups is 1. The van der Waals surface area contributed by atoms with Crippen molar-refractivity contribution < 1.29 is 9.53 Å². The van der Waals surface area contributed by atoms with Crippen LogP contribution in [0.1, 0.15) is 48.4 Å². The van der Waals surface area contributed by atoms with E-state index in [0.29, 0.717) is 22.7 Å². The zero-order valence-corrected chi connectivity index (χ0v) is 20.1. The van der Waals surface area contributed by atoms with Crippen LogP contribution in [0.5, 0.6) is 5.75 Å². The number of ketones is 1. The molecule has 0 fully saturated rings. The van der Waals surface area contributed by atoms with E-state index in [2.05, 4.69) is 39.0 Å². The summed E-state index contributed by atoms with van der Waals surface area (Å²) in [6.07, 6.45) is 1.94. The predicted octanol–water partition coefficient (Wildman–Crippen LogP) is 5.27. The minimum atomic E-state index is -0.171. The van der Waals surface area contributed by atoms with Crippen molar-refractivity contribution in [3.63, 3.8) is 0 Å². The first-order chi connectivity index (χ1) is 16.5. The Morgan fingerprint density at radius 3 is 2.41 bits per heavy atom. The van der Waals surface area contributed by atoms with E-state index >= 15 is 0 Å². The zero-order chi connectivity index (χ0) is 24.1. The van der Waals surface area contributed by atoms with Crippen molar-refractivity contribution in [3.05, 3.63) is 65.5 Å². The highest BCUT2D eigenvalue weighted by molar-refractivity contribution is 6.08.